The molecule has 2 fully saturated rings. The van der Waals surface area contributed by atoms with E-state index in [1.165, 1.54) is 39.2 Å². The molecule has 0 amide bonds. The summed E-state index contributed by atoms with van der Waals surface area (Å²) in [5.74, 6) is 1.26. The van der Waals surface area contributed by atoms with Crippen LogP contribution in [0.1, 0.15) is 55.3 Å². The fraction of sp³-hybridized carbons (Fsp3) is 0.684. The molecule has 5 nitrogen and oxygen atoms in total. The van der Waals surface area contributed by atoms with E-state index in [1.54, 1.807) is 12.3 Å². The van der Waals surface area contributed by atoms with Crippen LogP contribution in [-0.2, 0) is 4.74 Å². The van der Waals surface area contributed by atoms with Gasteiger partial charge in [-0.3, -0.25) is 0 Å². The number of piperidine rings is 1. The van der Waals surface area contributed by atoms with Gasteiger partial charge in [-0.1, -0.05) is 32.1 Å². The maximum Gasteiger partial charge on any atom is 0.341 e. The SMILES string of the molecule is COC(=O)c1cc(Br)cnc1N1CCC(O)C(CC2CCCCC2)C1. The Bertz CT molecular complexity index is 604. The molecule has 1 aromatic rings. The number of carbonyl (C=O) groups is 1. The number of aliphatic hydroxyl groups is 1. The minimum absolute atomic E-state index is 0.243. The second-order valence-electron chi connectivity index (χ2n) is 7.32. The predicted molar refractivity (Wildman–Crippen MR) is 101 cm³/mol. The third kappa shape index (κ3) is 4.53. The third-order valence-corrected chi connectivity index (χ3v) is 6.03. The van der Waals surface area contributed by atoms with Crippen molar-refractivity contribution in [2.45, 2.75) is 51.0 Å². The van der Waals surface area contributed by atoms with Gasteiger partial charge in [-0.25, -0.2) is 9.78 Å². The number of methoxy groups -OCH3 is 1. The molecular weight excluding hydrogens is 384 g/mol. The molecule has 0 radical (unpaired) electrons. The zero-order chi connectivity index (χ0) is 17.8. The summed E-state index contributed by atoms with van der Waals surface area (Å²) < 4.78 is 5.67. The number of hydrogen-bond acceptors (Lipinski definition) is 5. The zero-order valence-corrected chi connectivity index (χ0v) is 16.4. The van der Waals surface area contributed by atoms with Crippen LogP contribution in [0.2, 0.25) is 0 Å². The molecule has 25 heavy (non-hydrogen) atoms. The van der Waals surface area contributed by atoms with Crippen molar-refractivity contribution < 1.29 is 14.6 Å². The van der Waals surface area contributed by atoms with Crippen molar-refractivity contribution in [1.82, 2.24) is 4.98 Å². The Morgan fingerprint density at radius 3 is 2.84 bits per heavy atom. The third-order valence-electron chi connectivity index (χ3n) is 5.59. The van der Waals surface area contributed by atoms with Gasteiger partial charge in [0.25, 0.3) is 0 Å². The van der Waals surface area contributed by atoms with Gasteiger partial charge in [0.2, 0.25) is 0 Å². The summed E-state index contributed by atoms with van der Waals surface area (Å²) in [7, 11) is 1.39. The Morgan fingerprint density at radius 1 is 1.36 bits per heavy atom. The van der Waals surface area contributed by atoms with Gasteiger partial charge in [-0.2, -0.15) is 0 Å². The van der Waals surface area contributed by atoms with Crippen LogP contribution >= 0.6 is 15.9 Å². The molecule has 3 rings (SSSR count). The lowest BCUT2D eigenvalue weighted by atomic mass is 9.79. The Kier molecular flexibility index (Phi) is 6.34. The molecule has 1 saturated carbocycles. The highest BCUT2D eigenvalue weighted by Gasteiger charge is 2.32. The summed E-state index contributed by atoms with van der Waals surface area (Å²) in [5, 5.41) is 10.5. The molecule has 2 unspecified atom stereocenters. The number of aromatic nitrogens is 1. The van der Waals surface area contributed by atoms with Crippen LogP contribution < -0.4 is 4.90 Å². The fourth-order valence-corrected chi connectivity index (χ4v) is 4.57. The Morgan fingerprint density at radius 2 is 2.12 bits per heavy atom. The smallest absolute Gasteiger partial charge is 0.341 e. The number of aliphatic hydroxyl groups excluding tert-OH is 1. The number of ether oxygens (including phenoxy) is 1. The van der Waals surface area contributed by atoms with Gasteiger partial charge in [0.1, 0.15) is 11.4 Å². The number of carbonyl (C=O) groups excluding carboxylic acids is 1. The summed E-state index contributed by atoms with van der Waals surface area (Å²) >= 11 is 3.38. The number of halogens is 1. The normalized spacial score (nSPS) is 25.0. The fourth-order valence-electron chi connectivity index (χ4n) is 4.24. The van der Waals surface area contributed by atoms with Gasteiger partial charge in [0.05, 0.1) is 13.2 Å². The van der Waals surface area contributed by atoms with E-state index in [0.29, 0.717) is 17.9 Å². The highest BCUT2D eigenvalue weighted by Crippen LogP contribution is 2.34. The number of esters is 1. The molecule has 138 valence electrons. The molecule has 1 aromatic heterocycles. The highest BCUT2D eigenvalue weighted by atomic mass is 79.9. The summed E-state index contributed by atoms with van der Waals surface area (Å²) in [6.45, 7) is 1.46. The molecule has 0 bridgehead atoms. The number of anilines is 1. The quantitative estimate of drug-likeness (QED) is 0.764. The minimum atomic E-state index is -0.376. The van der Waals surface area contributed by atoms with E-state index in [9.17, 15) is 9.90 Å². The summed E-state index contributed by atoms with van der Waals surface area (Å²) in [4.78, 5) is 18.7. The van der Waals surface area contributed by atoms with Crippen LogP contribution in [0.3, 0.4) is 0 Å². The lowest BCUT2D eigenvalue weighted by Gasteiger charge is -2.39. The second-order valence-corrected chi connectivity index (χ2v) is 8.23. The Labute approximate surface area is 157 Å². The molecule has 2 heterocycles. The molecular formula is C19H27BrN2O3. The van der Waals surface area contributed by atoms with Crippen molar-refractivity contribution >= 4 is 27.7 Å². The monoisotopic (exact) mass is 410 g/mol. The van der Waals surface area contributed by atoms with Crippen molar-refractivity contribution in [3.8, 4) is 0 Å². The number of rotatable bonds is 4. The standard InChI is InChI=1S/C19H27BrN2O3/c1-25-19(24)16-10-15(20)11-21-18(16)22-8-7-17(23)14(12-22)9-13-5-3-2-4-6-13/h10-11,13-14,17,23H,2-9,12H2,1H3. The average Bonchev–Trinajstić information content (AvgIpc) is 2.64. The predicted octanol–water partition coefficient (Wildman–Crippen LogP) is 3.79. The van der Waals surface area contributed by atoms with Crippen LogP contribution in [0.5, 0.6) is 0 Å². The van der Waals surface area contributed by atoms with Gasteiger partial charge in [-0.05, 0) is 40.8 Å². The average molecular weight is 411 g/mol. The zero-order valence-electron chi connectivity index (χ0n) is 14.8. The van der Waals surface area contributed by atoms with Crippen molar-refractivity contribution in [3.05, 3.63) is 22.3 Å². The van der Waals surface area contributed by atoms with Crippen LogP contribution in [0.4, 0.5) is 5.82 Å². The van der Waals surface area contributed by atoms with Gasteiger partial charge < -0.3 is 14.7 Å². The van der Waals surface area contributed by atoms with Gasteiger partial charge >= 0.3 is 5.97 Å². The summed E-state index contributed by atoms with van der Waals surface area (Å²) in [6, 6.07) is 1.76. The molecule has 1 saturated heterocycles. The number of pyridine rings is 1. The maximum atomic E-state index is 12.1. The van der Waals surface area contributed by atoms with Crippen LogP contribution in [0.25, 0.3) is 0 Å². The first-order valence-corrected chi connectivity index (χ1v) is 10.0. The van der Waals surface area contributed by atoms with E-state index >= 15 is 0 Å². The van der Waals surface area contributed by atoms with Gasteiger partial charge in [0, 0.05) is 29.7 Å². The van der Waals surface area contributed by atoms with Gasteiger partial charge in [0.15, 0.2) is 0 Å². The lowest BCUT2D eigenvalue weighted by Crippen LogP contribution is -2.45. The minimum Gasteiger partial charge on any atom is -0.465 e. The van der Waals surface area contributed by atoms with Crippen LogP contribution in [0, 0.1) is 11.8 Å². The molecule has 0 spiro atoms. The van der Waals surface area contributed by atoms with E-state index in [2.05, 4.69) is 25.8 Å². The van der Waals surface area contributed by atoms with E-state index in [4.69, 9.17) is 4.74 Å². The Balaban J connectivity index is 1.75. The molecule has 2 atom stereocenters. The highest BCUT2D eigenvalue weighted by molar-refractivity contribution is 9.10. The molecule has 2 aliphatic rings. The summed E-state index contributed by atoms with van der Waals surface area (Å²) in [5.41, 5.74) is 0.477. The van der Waals surface area contributed by atoms with E-state index < -0.39 is 0 Å². The number of hydrogen-bond donors (Lipinski definition) is 1. The molecule has 0 aromatic carbocycles. The lowest BCUT2D eigenvalue weighted by molar-refractivity contribution is 0.0598. The first kappa shape index (κ1) is 18.6. The molecule has 1 N–H and O–H groups in total. The van der Waals surface area contributed by atoms with Crippen LogP contribution in [0.15, 0.2) is 16.7 Å². The van der Waals surface area contributed by atoms with E-state index in [-0.39, 0.29) is 18.0 Å². The maximum absolute atomic E-state index is 12.1. The first-order valence-electron chi connectivity index (χ1n) is 9.25. The van der Waals surface area contributed by atoms with E-state index in [1.807, 2.05) is 0 Å². The Hall–Kier alpha value is -1.14. The topological polar surface area (TPSA) is 62.7 Å². The molecule has 6 heteroatoms. The van der Waals surface area contributed by atoms with Gasteiger partial charge in [-0.15, -0.1) is 0 Å². The first-order chi connectivity index (χ1) is 12.1. The van der Waals surface area contributed by atoms with Crippen molar-refractivity contribution in [3.63, 3.8) is 0 Å². The van der Waals surface area contributed by atoms with Crippen molar-refractivity contribution in [2.75, 3.05) is 25.1 Å². The molecule has 1 aliphatic carbocycles. The molecule has 1 aliphatic heterocycles. The van der Waals surface area contributed by atoms with Crippen molar-refractivity contribution in [2.24, 2.45) is 11.8 Å². The van der Waals surface area contributed by atoms with Crippen LogP contribution in [-0.4, -0.2) is 42.4 Å². The summed E-state index contributed by atoms with van der Waals surface area (Å²) in [6.07, 6.45) is 9.80. The largest absolute Gasteiger partial charge is 0.465 e. The van der Waals surface area contributed by atoms with E-state index in [0.717, 1.165) is 29.8 Å². The van der Waals surface area contributed by atoms with Crippen molar-refractivity contribution in [1.29, 1.82) is 0 Å². The second kappa shape index (κ2) is 8.49. The number of nitrogens with zero attached hydrogens (tertiary/aromatic N) is 2.